The highest BCUT2D eigenvalue weighted by atomic mass is 32.2. The lowest BCUT2D eigenvalue weighted by molar-refractivity contribution is -0.119. The summed E-state index contributed by atoms with van der Waals surface area (Å²) in [7, 11) is 0. The van der Waals surface area contributed by atoms with Gasteiger partial charge in [0, 0.05) is 6.04 Å². The number of aromatic amines is 1. The van der Waals surface area contributed by atoms with Crippen LogP contribution in [0.1, 0.15) is 13.8 Å². The average Bonchev–Trinajstić information content (AvgIpc) is 2.96. The van der Waals surface area contributed by atoms with Gasteiger partial charge in [0.1, 0.15) is 0 Å². The second-order valence-electron chi connectivity index (χ2n) is 3.95. The summed E-state index contributed by atoms with van der Waals surface area (Å²) >= 11 is 2.93. The third-order valence-corrected chi connectivity index (χ3v) is 3.73. The highest BCUT2D eigenvalue weighted by molar-refractivity contribution is 7.99. The lowest BCUT2D eigenvalue weighted by atomic mass is 10.4. The molecule has 0 radical (unpaired) electrons. The van der Waals surface area contributed by atoms with Crippen molar-refractivity contribution in [3.8, 4) is 10.7 Å². The quantitative estimate of drug-likeness (QED) is 0.824. The number of nitrogens with zero attached hydrogens (tertiary/aromatic N) is 2. The summed E-state index contributed by atoms with van der Waals surface area (Å²) in [6, 6.07) is 4.10. The molecule has 2 rings (SSSR count). The van der Waals surface area contributed by atoms with E-state index in [-0.39, 0.29) is 11.9 Å². The molecule has 0 spiro atoms. The SMILES string of the molecule is CC(C)NC(=O)CSc1n[nH]c(-c2cccs2)n1. The monoisotopic (exact) mass is 282 g/mol. The number of thiophene rings is 1. The Morgan fingerprint density at radius 3 is 3.11 bits per heavy atom. The molecule has 18 heavy (non-hydrogen) atoms. The Kier molecular flexibility index (Phi) is 4.38. The fourth-order valence-corrected chi connectivity index (χ4v) is 2.60. The first-order valence-electron chi connectivity index (χ1n) is 5.53. The Labute approximate surface area is 113 Å². The summed E-state index contributed by atoms with van der Waals surface area (Å²) in [6.07, 6.45) is 0. The van der Waals surface area contributed by atoms with Crippen molar-refractivity contribution in [3.63, 3.8) is 0 Å². The van der Waals surface area contributed by atoms with Gasteiger partial charge in [-0.1, -0.05) is 17.8 Å². The smallest absolute Gasteiger partial charge is 0.230 e. The Hall–Kier alpha value is -1.34. The van der Waals surface area contributed by atoms with Crippen LogP contribution in [-0.4, -0.2) is 32.9 Å². The maximum Gasteiger partial charge on any atom is 0.230 e. The predicted molar refractivity (Wildman–Crippen MR) is 73.7 cm³/mol. The van der Waals surface area contributed by atoms with Crippen LogP contribution in [0.15, 0.2) is 22.7 Å². The number of rotatable bonds is 5. The van der Waals surface area contributed by atoms with Gasteiger partial charge in [-0.25, -0.2) is 4.98 Å². The van der Waals surface area contributed by atoms with Crippen molar-refractivity contribution in [2.24, 2.45) is 0 Å². The van der Waals surface area contributed by atoms with E-state index < -0.39 is 0 Å². The molecule has 0 fully saturated rings. The zero-order valence-corrected chi connectivity index (χ0v) is 11.8. The number of nitrogens with one attached hydrogen (secondary N) is 2. The molecule has 0 atom stereocenters. The molecule has 96 valence electrons. The van der Waals surface area contributed by atoms with Gasteiger partial charge in [-0.3, -0.25) is 9.89 Å². The lowest BCUT2D eigenvalue weighted by Gasteiger charge is -2.06. The first-order chi connectivity index (χ1) is 8.65. The van der Waals surface area contributed by atoms with E-state index in [0.29, 0.717) is 10.9 Å². The average molecular weight is 282 g/mol. The first kappa shape index (κ1) is 13.1. The third kappa shape index (κ3) is 3.58. The highest BCUT2D eigenvalue weighted by Crippen LogP contribution is 2.22. The van der Waals surface area contributed by atoms with Gasteiger partial charge < -0.3 is 5.32 Å². The van der Waals surface area contributed by atoms with Gasteiger partial charge in [-0.05, 0) is 25.3 Å². The lowest BCUT2D eigenvalue weighted by Crippen LogP contribution is -2.31. The van der Waals surface area contributed by atoms with E-state index in [1.165, 1.54) is 11.8 Å². The number of aromatic nitrogens is 3. The van der Waals surface area contributed by atoms with Crippen molar-refractivity contribution in [1.82, 2.24) is 20.5 Å². The van der Waals surface area contributed by atoms with Gasteiger partial charge in [-0.15, -0.1) is 16.4 Å². The summed E-state index contributed by atoms with van der Waals surface area (Å²) < 4.78 is 0. The van der Waals surface area contributed by atoms with Gasteiger partial charge in [0.2, 0.25) is 11.1 Å². The topological polar surface area (TPSA) is 70.7 Å². The summed E-state index contributed by atoms with van der Waals surface area (Å²) in [5.41, 5.74) is 0. The van der Waals surface area contributed by atoms with E-state index in [1.807, 2.05) is 31.4 Å². The highest BCUT2D eigenvalue weighted by Gasteiger charge is 2.09. The van der Waals surface area contributed by atoms with Crippen LogP contribution in [0, 0.1) is 0 Å². The molecule has 7 heteroatoms. The van der Waals surface area contributed by atoms with E-state index >= 15 is 0 Å². The van der Waals surface area contributed by atoms with Crippen LogP contribution in [0.25, 0.3) is 10.7 Å². The van der Waals surface area contributed by atoms with Crippen molar-refractivity contribution >= 4 is 29.0 Å². The van der Waals surface area contributed by atoms with Crippen LogP contribution in [0.4, 0.5) is 0 Å². The number of hydrogen-bond acceptors (Lipinski definition) is 5. The minimum Gasteiger partial charge on any atom is -0.353 e. The van der Waals surface area contributed by atoms with Crippen LogP contribution < -0.4 is 5.32 Å². The summed E-state index contributed by atoms with van der Waals surface area (Å²) in [6.45, 7) is 3.87. The molecular weight excluding hydrogens is 268 g/mol. The van der Waals surface area contributed by atoms with Gasteiger partial charge in [-0.2, -0.15) is 0 Å². The Bertz CT molecular complexity index is 507. The molecule has 0 aliphatic rings. The number of carbonyl (C=O) groups excluding carboxylic acids is 1. The van der Waals surface area contributed by atoms with E-state index in [1.54, 1.807) is 11.3 Å². The van der Waals surface area contributed by atoms with E-state index in [2.05, 4.69) is 20.5 Å². The van der Waals surface area contributed by atoms with Gasteiger partial charge >= 0.3 is 0 Å². The second-order valence-corrected chi connectivity index (χ2v) is 5.84. The predicted octanol–water partition coefficient (Wildman–Crippen LogP) is 2.15. The van der Waals surface area contributed by atoms with Gasteiger partial charge in [0.25, 0.3) is 0 Å². The molecule has 2 heterocycles. The third-order valence-electron chi connectivity index (χ3n) is 2.00. The van der Waals surface area contributed by atoms with Crippen LogP contribution in [-0.2, 0) is 4.79 Å². The number of hydrogen-bond donors (Lipinski definition) is 2. The first-order valence-corrected chi connectivity index (χ1v) is 7.40. The van der Waals surface area contributed by atoms with Crippen molar-refractivity contribution in [3.05, 3.63) is 17.5 Å². The maximum atomic E-state index is 11.5. The van der Waals surface area contributed by atoms with Crippen molar-refractivity contribution in [2.45, 2.75) is 25.0 Å². The molecule has 0 aliphatic heterocycles. The van der Waals surface area contributed by atoms with Gasteiger partial charge in [0.15, 0.2) is 5.82 Å². The summed E-state index contributed by atoms with van der Waals surface area (Å²) in [5.74, 6) is 1.08. The molecule has 0 aliphatic carbocycles. The molecule has 0 bridgehead atoms. The largest absolute Gasteiger partial charge is 0.353 e. The van der Waals surface area contributed by atoms with Crippen LogP contribution in [0.3, 0.4) is 0 Å². The van der Waals surface area contributed by atoms with E-state index in [0.717, 1.165) is 10.7 Å². The van der Waals surface area contributed by atoms with E-state index in [4.69, 9.17) is 0 Å². The normalized spacial score (nSPS) is 10.8. The minimum absolute atomic E-state index is 0.00234. The number of amides is 1. The molecule has 5 nitrogen and oxygen atoms in total. The molecule has 0 aromatic carbocycles. The van der Waals surface area contributed by atoms with Crippen molar-refractivity contribution in [2.75, 3.05) is 5.75 Å². The number of thioether (sulfide) groups is 1. The maximum absolute atomic E-state index is 11.5. The molecule has 0 saturated heterocycles. The van der Waals surface area contributed by atoms with E-state index in [9.17, 15) is 4.79 Å². The summed E-state index contributed by atoms with van der Waals surface area (Å²) in [4.78, 5) is 16.8. The van der Waals surface area contributed by atoms with Crippen LogP contribution in [0.2, 0.25) is 0 Å². The molecule has 2 N–H and O–H groups in total. The minimum atomic E-state index is -0.00234. The Morgan fingerprint density at radius 2 is 2.44 bits per heavy atom. The second kappa shape index (κ2) is 6.01. The molecular formula is C11H14N4OS2. The molecule has 0 unspecified atom stereocenters. The Morgan fingerprint density at radius 1 is 1.61 bits per heavy atom. The number of H-pyrrole nitrogens is 1. The number of carbonyl (C=O) groups is 1. The molecule has 1 amide bonds. The zero-order valence-electron chi connectivity index (χ0n) is 10.1. The van der Waals surface area contributed by atoms with Crippen LogP contribution >= 0.6 is 23.1 Å². The molecule has 2 aromatic rings. The summed E-state index contributed by atoms with van der Waals surface area (Å²) in [5, 5.41) is 12.4. The van der Waals surface area contributed by atoms with Crippen molar-refractivity contribution in [1.29, 1.82) is 0 Å². The Balaban J connectivity index is 1.89. The van der Waals surface area contributed by atoms with Crippen molar-refractivity contribution < 1.29 is 4.79 Å². The fraction of sp³-hybridized carbons (Fsp3) is 0.364. The molecule has 0 saturated carbocycles. The fourth-order valence-electron chi connectivity index (χ4n) is 1.33. The zero-order chi connectivity index (χ0) is 13.0. The molecule has 2 aromatic heterocycles. The van der Waals surface area contributed by atoms with Crippen LogP contribution in [0.5, 0.6) is 0 Å². The standard InChI is InChI=1S/C11H14N4OS2/c1-7(2)12-9(16)6-18-11-13-10(14-15-11)8-4-3-5-17-8/h3-5,7H,6H2,1-2H3,(H,12,16)(H,13,14,15). The van der Waals surface area contributed by atoms with Gasteiger partial charge in [0.05, 0.1) is 10.6 Å².